The highest BCUT2D eigenvalue weighted by Gasteiger charge is 2.33. The number of H-pyrrole nitrogens is 1. The topological polar surface area (TPSA) is 91.9 Å². The van der Waals surface area contributed by atoms with Gasteiger partial charge in [0.25, 0.3) is 10.0 Å². The third kappa shape index (κ3) is 4.67. The fourth-order valence-corrected chi connectivity index (χ4v) is 5.16. The van der Waals surface area contributed by atoms with Crippen molar-refractivity contribution in [2.75, 3.05) is 4.72 Å². The lowest BCUT2D eigenvalue weighted by atomic mass is 10.0. The average molecular weight is 510 g/mol. The second-order valence-electron chi connectivity index (χ2n) is 8.25. The highest BCUT2D eigenvalue weighted by atomic mass is 32.2. The minimum Gasteiger partial charge on any atom is -0.322 e. The molecule has 0 bridgehead atoms. The maximum absolute atomic E-state index is 13.4. The number of nitrogens with one attached hydrogen (secondary N) is 2. The molecular formula is C26H18F3N3O3S. The minimum absolute atomic E-state index is 0.0488. The van der Waals surface area contributed by atoms with E-state index in [-0.39, 0.29) is 22.2 Å². The summed E-state index contributed by atoms with van der Waals surface area (Å²) in [6.07, 6.45) is -1.17. The van der Waals surface area contributed by atoms with Crippen LogP contribution >= 0.6 is 0 Å². The van der Waals surface area contributed by atoms with Gasteiger partial charge in [-0.1, -0.05) is 30.3 Å². The van der Waals surface area contributed by atoms with Crippen LogP contribution in [0.2, 0.25) is 0 Å². The number of rotatable bonds is 5. The Morgan fingerprint density at radius 3 is 2.39 bits per heavy atom. The van der Waals surface area contributed by atoms with Crippen LogP contribution < -0.4 is 10.3 Å². The zero-order valence-corrected chi connectivity index (χ0v) is 19.3. The quantitative estimate of drug-likeness (QED) is 0.328. The van der Waals surface area contributed by atoms with Crippen LogP contribution in [0.4, 0.5) is 18.9 Å². The molecule has 36 heavy (non-hydrogen) atoms. The molecule has 2 heterocycles. The predicted octanol–water partition coefficient (Wildman–Crippen LogP) is 5.49. The Kier molecular flexibility index (Phi) is 5.76. The summed E-state index contributed by atoms with van der Waals surface area (Å²) in [4.78, 5) is 18.1. The number of fused-ring (bicyclic) bond motifs is 2. The molecule has 6 nitrogen and oxygen atoms in total. The summed E-state index contributed by atoms with van der Waals surface area (Å²) in [5.74, 6) is 0. The summed E-state index contributed by atoms with van der Waals surface area (Å²) in [6.45, 7) is 0. The van der Waals surface area contributed by atoms with Crippen LogP contribution in [0.15, 0.2) is 94.9 Å². The maximum Gasteiger partial charge on any atom is 0.417 e. The van der Waals surface area contributed by atoms with E-state index in [9.17, 15) is 26.4 Å². The van der Waals surface area contributed by atoms with E-state index >= 15 is 0 Å². The first-order chi connectivity index (χ1) is 17.1. The van der Waals surface area contributed by atoms with Gasteiger partial charge in [-0.25, -0.2) is 8.42 Å². The van der Waals surface area contributed by atoms with Gasteiger partial charge in [0.15, 0.2) is 0 Å². The molecule has 0 atom stereocenters. The van der Waals surface area contributed by atoms with E-state index in [0.717, 1.165) is 5.39 Å². The first-order valence-electron chi connectivity index (χ1n) is 10.8. The SMILES string of the molecule is O=c1cc(C(F)(F)F)c2cc(Cc3ccc(S(=O)(=O)Nc4cccc5cnccc45)cc3)ccc2[nH]1. The molecule has 5 rings (SSSR count). The van der Waals surface area contributed by atoms with Crippen molar-refractivity contribution in [1.82, 2.24) is 9.97 Å². The first-order valence-corrected chi connectivity index (χ1v) is 12.3. The Bertz CT molecular complexity index is 1760. The fraction of sp³-hybridized carbons (Fsp3) is 0.0769. The Morgan fingerprint density at radius 2 is 1.64 bits per heavy atom. The standard InChI is InChI=1S/C26H18F3N3O3S/c27-26(28,29)22-14-25(33)31-23-9-6-17(13-21(22)23)12-16-4-7-19(8-5-16)36(34,35)32-24-3-1-2-18-15-30-11-10-20(18)24/h1-11,13-15,32H,12H2,(H,31,33). The van der Waals surface area contributed by atoms with Crippen LogP contribution in [0.25, 0.3) is 21.7 Å². The largest absolute Gasteiger partial charge is 0.417 e. The van der Waals surface area contributed by atoms with Gasteiger partial charge in [-0.2, -0.15) is 13.2 Å². The summed E-state index contributed by atoms with van der Waals surface area (Å²) >= 11 is 0. The first kappa shape index (κ1) is 23.6. The number of aromatic amines is 1. The number of hydrogen-bond donors (Lipinski definition) is 2. The van der Waals surface area contributed by atoms with E-state index in [0.29, 0.717) is 28.3 Å². The molecule has 182 valence electrons. The molecule has 0 fully saturated rings. The molecule has 0 aliphatic heterocycles. The molecular weight excluding hydrogens is 491 g/mol. The Labute approximate surface area is 203 Å². The number of alkyl halides is 3. The third-order valence-electron chi connectivity index (χ3n) is 5.78. The van der Waals surface area contributed by atoms with Gasteiger partial charge in [0.2, 0.25) is 5.56 Å². The molecule has 5 aromatic rings. The van der Waals surface area contributed by atoms with Crippen LogP contribution in [-0.4, -0.2) is 18.4 Å². The molecule has 3 aromatic carbocycles. The van der Waals surface area contributed by atoms with Crippen LogP contribution in [0.5, 0.6) is 0 Å². The average Bonchev–Trinajstić information content (AvgIpc) is 2.83. The normalized spacial score (nSPS) is 12.2. The second kappa shape index (κ2) is 8.80. The van der Waals surface area contributed by atoms with Gasteiger partial charge in [-0.05, 0) is 53.9 Å². The molecule has 0 radical (unpaired) electrons. The van der Waals surface area contributed by atoms with Gasteiger partial charge in [-0.15, -0.1) is 0 Å². The van der Waals surface area contributed by atoms with Gasteiger partial charge in [0.05, 0.1) is 16.1 Å². The molecule has 0 saturated carbocycles. The lowest BCUT2D eigenvalue weighted by Crippen LogP contribution is -2.14. The van der Waals surface area contributed by atoms with Crippen molar-refractivity contribution in [3.8, 4) is 0 Å². The summed E-state index contributed by atoms with van der Waals surface area (Å²) in [5.41, 5.74) is -0.0161. The van der Waals surface area contributed by atoms with Crippen LogP contribution in [0, 0.1) is 0 Å². The number of hydrogen-bond acceptors (Lipinski definition) is 4. The van der Waals surface area contributed by atoms with Gasteiger partial charge >= 0.3 is 6.18 Å². The van der Waals surface area contributed by atoms with E-state index in [1.165, 1.54) is 24.3 Å². The maximum atomic E-state index is 13.4. The van der Waals surface area contributed by atoms with Crippen LogP contribution in [0.1, 0.15) is 16.7 Å². The van der Waals surface area contributed by atoms with Gasteiger partial charge in [0, 0.05) is 40.1 Å². The second-order valence-corrected chi connectivity index (χ2v) is 9.94. The minimum atomic E-state index is -4.67. The van der Waals surface area contributed by atoms with Crippen molar-refractivity contribution < 1.29 is 21.6 Å². The number of aromatic nitrogens is 2. The van der Waals surface area contributed by atoms with Crippen LogP contribution in [-0.2, 0) is 22.6 Å². The number of anilines is 1. The van der Waals surface area contributed by atoms with Gasteiger partial charge in [0.1, 0.15) is 0 Å². The van der Waals surface area contributed by atoms with Crippen molar-refractivity contribution in [2.45, 2.75) is 17.5 Å². The van der Waals surface area contributed by atoms with Crippen LogP contribution in [0.3, 0.4) is 0 Å². The third-order valence-corrected chi connectivity index (χ3v) is 7.16. The van der Waals surface area contributed by atoms with Crippen molar-refractivity contribution in [1.29, 1.82) is 0 Å². The van der Waals surface area contributed by atoms with Gasteiger partial charge in [-0.3, -0.25) is 14.5 Å². The number of halogens is 3. The van der Waals surface area contributed by atoms with Crippen molar-refractivity contribution in [3.05, 3.63) is 112 Å². The zero-order valence-electron chi connectivity index (χ0n) is 18.5. The predicted molar refractivity (Wildman–Crippen MR) is 131 cm³/mol. The summed E-state index contributed by atoms with van der Waals surface area (Å²) in [7, 11) is -3.88. The molecule has 0 amide bonds. The number of nitrogens with zero attached hydrogens (tertiary/aromatic N) is 1. The van der Waals surface area contributed by atoms with Gasteiger partial charge < -0.3 is 4.98 Å². The van der Waals surface area contributed by atoms with Crippen molar-refractivity contribution in [3.63, 3.8) is 0 Å². The molecule has 2 aromatic heterocycles. The lowest BCUT2D eigenvalue weighted by molar-refractivity contribution is -0.136. The van der Waals surface area contributed by atoms with E-state index in [1.807, 2.05) is 6.07 Å². The molecule has 0 aliphatic rings. The molecule has 2 N–H and O–H groups in total. The number of sulfonamides is 1. The number of benzene rings is 3. The molecule has 0 saturated heterocycles. The van der Waals surface area contributed by atoms with E-state index in [4.69, 9.17) is 0 Å². The Balaban J connectivity index is 1.41. The monoisotopic (exact) mass is 509 g/mol. The van der Waals surface area contributed by atoms with Crippen molar-refractivity contribution >= 4 is 37.4 Å². The smallest absolute Gasteiger partial charge is 0.322 e. The molecule has 0 spiro atoms. The molecule has 0 unspecified atom stereocenters. The Hall–Kier alpha value is -4.18. The molecule has 0 aliphatic carbocycles. The summed E-state index contributed by atoms with van der Waals surface area (Å²) in [6, 6.07) is 18.1. The number of pyridine rings is 2. The summed E-state index contributed by atoms with van der Waals surface area (Å²) in [5, 5.41) is 1.40. The van der Waals surface area contributed by atoms with Crippen molar-refractivity contribution in [2.24, 2.45) is 0 Å². The highest BCUT2D eigenvalue weighted by Crippen LogP contribution is 2.34. The van der Waals surface area contributed by atoms with E-state index in [2.05, 4.69) is 14.7 Å². The zero-order chi connectivity index (χ0) is 25.5. The van der Waals surface area contributed by atoms with E-state index < -0.39 is 27.3 Å². The fourth-order valence-electron chi connectivity index (χ4n) is 4.08. The Morgan fingerprint density at radius 1 is 0.889 bits per heavy atom. The summed E-state index contributed by atoms with van der Waals surface area (Å²) < 4.78 is 68.8. The highest BCUT2D eigenvalue weighted by molar-refractivity contribution is 7.92. The lowest BCUT2D eigenvalue weighted by Gasteiger charge is -2.12. The van der Waals surface area contributed by atoms with E-state index in [1.54, 1.807) is 48.8 Å². The molecule has 10 heteroatoms.